The molecule has 2 heterocycles. The van der Waals surface area contributed by atoms with Crippen molar-refractivity contribution in [3.8, 4) is 0 Å². The molecule has 0 radical (unpaired) electrons. The van der Waals surface area contributed by atoms with E-state index in [1.807, 2.05) is 24.4 Å². The third kappa shape index (κ3) is 2.84. The van der Waals surface area contributed by atoms with Crippen LogP contribution in [0, 0.1) is 5.92 Å². The molecule has 0 bridgehead atoms. The SMILES string of the molecule is CN1CCC(CNc2cnnc3ccccc23)CC1. The summed E-state index contributed by atoms with van der Waals surface area (Å²) in [7, 11) is 2.20. The molecule has 4 nitrogen and oxygen atoms in total. The maximum Gasteiger partial charge on any atom is 0.0950 e. The van der Waals surface area contributed by atoms with Crippen molar-refractivity contribution in [2.75, 3.05) is 32.0 Å². The standard InChI is InChI=1S/C15H20N4/c1-19-8-6-12(7-9-19)10-16-15-11-17-18-14-5-3-2-4-13(14)15/h2-5,11-12H,6-10H2,1H3,(H,16,18). The first-order chi connectivity index (χ1) is 9.33. The van der Waals surface area contributed by atoms with E-state index in [1.54, 1.807) is 0 Å². The van der Waals surface area contributed by atoms with Crippen LogP contribution in [-0.4, -0.2) is 41.8 Å². The number of hydrogen-bond donors (Lipinski definition) is 1. The molecular formula is C15H20N4. The molecule has 100 valence electrons. The Morgan fingerprint density at radius 3 is 2.89 bits per heavy atom. The van der Waals surface area contributed by atoms with Gasteiger partial charge in [-0.05, 0) is 45.0 Å². The first-order valence-corrected chi connectivity index (χ1v) is 6.96. The fourth-order valence-corrected chi connectivity index (χ4v) is 2.67. The normalized spacial score (nSPS) is 17.7. The van der Waals surface area contributed by atoms with Gasteiger partial charge in [0.1, 0.15) is 0 Å². The van der Waals surface area contributed by atoms with E-state index in [-0.39, 0.29) is 0 Å². The van der Waals surface area contributed by atoms with Crippen LogP contribution in [0.4, 0.5) is 5.69 Å². The second-order valence-electron chi connectivity index (χ2n) is 5.40. The Kier molecular flexibility index (Phi) is 3.60. The van der Waals surface area contributed by atoms with Crippen LogP contribution < -0.4 is 5.32 Å². The molecule has 0 aliphatic carbocycles. The minimum atomic E-state index is 0.767. The molecule has 1 aromatic heterocycles. The smallest absolute Gasteiger partial charge is 0.0950 e. The fraction of sp³-hybridized carbons (Fsp3) is 0.467. The van der Waals surface area contributed by atoms with Gasteiger partial charge in [0, 0.05) is 11.9 Å². The molecular weight excluding hydrogens is 236 g/mol. The summed E-state index contributed by atoms with van der Waals surface area (Å²) in [6, 6.07) is 8.15. The number of piperidine rings is 1. The number of nitrogens with zero attached hydrogens (tertiary/aromatic N) is 3. The fourth-order valence-electron chi connectivity index (χ4n) is 2.67. The molecule has 0 unspecified atom stereocenters. The number of likely N-dealkylation sites (tertiary alicyclic amines) is 1. The Hall–Kier alpha value is -1.68. The summed E-state index contributed by atoms with van der Waals surface area (Å²) in [5.41, 5.74) is 2.06. The van der Waals surface area contributed by atoms with Crippen LogP contribution in [0.25, 0.3) is 10.9 Å². The predicted molar refractivity (Wildman–Crippen MR) is 78.2 cm³/mol. The molecule has 1 aromatic carbocycles. The third-order valence-corrected chi connectivity index (χ3v) is 3.97. The topological polar surface area (TPSA) is 41.0 Å². The van der Waals surface area contributed by atoms with Crippen LogP contribution in [0.1, 0.15) is 12.8 Å². The number of hydrogen-bond acceptors (Lipinski definition) is 4. The average molecular weight is 256 g/mol. The van der Waals surface area contributed by atoms with Gasteiger partial charge in [-0.2, -0.15) is 10.2 Å². The molecule has 0 amide bonds. The van der Waals surface area contributed by atoms with Crippen molar-refractivity contribution in [1.82, 2.24) is 15.1 Å². The quantitative estimate of drug-likeness (QED) is 0.915. The minimum absolute atomic E-state index is 0.767. The van der Waals surface area contributed by atoms with Crippen molar-refractivity contribution >= 4 is 16.6 Å². The molecule has 1 saturated heterocycles. The minimum Gasteiger partial charge on any atom is -0.383 e. The van der Waals surface area contributed by atoms with Gasteiger partial charge in [0.25, 0.3) is 0 Å². The van der Waals surface area contributed by atoms with Crippen molar-refractivity contribution in [2.24, 2.45) is 5.92 Å². The maximum atomic E-state index is 4.15. The van der Waals surface area contributed by atoms with Gasteiger partial charge >= 0.3 is 0 Å². The highest BCUT2D eigenvalue weighted by Crippen LogP contribution is 2.22. The lowest BCUT2D eigenvalue weighted by atomic mass is 9.97. The van der Waals surface area contributed by atoms with Crippen LogP contribution >= 0.6 is 0 Å². The molecule has 0 spiro atoms. The van der Waals surface area contributed by atoms with Gasteiger partial charge in [-0.3, -0.25) is 0 Å². The molecule has 2 aromatic rings. The second-order valence-corrected chi connectivity index (χ2v) is 5.40. The van der Waals surface area contributed by atoms with Crippen LogP contribution in [0.5, 0.6) is 0 Å². The van der Waals surface area contributed by atoms with Gasteiger partial charge in [0.2, 0.25) is 0 Å². The summed E-state index contributed by atoms with van der Waals surface area (Å²) in [5, 5.41) is 12.9. The average Bonchev–Trinajstić information content (AvgIpc) is 2.47. The molecule has 1 N–H and O–H groups in total. The Labute approximate surface area is 113 Å². The number of aromatic nitrogens is 2. The summed E-state index contributed by atoms with van der Waals surface area (Å²) in [5.74, 6) is 0.767. The Bertz CT molecular complexity index is 541. The van der Waals surface area contributed by atoms with Gasteiger partial charge in [-0.25, -0.2) is 0 Å². The monoisotopic (exact) mass is 256 g/mol. The van der Waals surface area contributed by atoms with Gasteiger partial charge in [0.15, 0.2) is 0 Å². The zero-order valence-corrected chi connectivity index (χ0v) is 11.3. The van der Waals surface area contributed by atoms with E-state index in [0.29, 0.717) is 0 Å². The molecule has 19 heavy (non-hydrogen) atoms. The van der Waals surface area contributed by atoms with Crippen molar-refractivity contribution < 1.29 is 0 Å². The highest BCUT2D eigenvalue weighted by atomic mass is 15.1. The molecule has 1 aliphatic rings. The van der Waals surface area contributed by atoms with Crippen LogP contribution in [0.15, 0.2) is 30.5 Å². The van der Waals surface area contributed by atoms with Gasteiger partial charge in [-0.15, -0.1) is 0 Å². The highest BCUT2D eigenvalue weighted by molar-refractivity contribution is 5.90. The maximum absolute atomic E-state index is 4.15. The zero-order valence-electron chi connectivity index (χ0n) is 11.3. The van der Waals surface area contributed by atoms with E-state index < -0.39 is 0 Å². The highest BCUT2D eigenvalue weighted by Gasteiger charge is 2.16. The Morgan fingerprint density at radius 2 is 2.05 bits per heavy atom. The summed E-state index contributed by atoms with van der Waals surface area (Å²) in [4.78, 5) is 2.40. The van der Waals surface area contributed by atoms with E-state index >= 15 is 0 Å². The van der Waals surface area contributed by atoms with E-state index in [9.17, 15) is 0 Å². The Balaban J connectivity index is 1.68. The summed E-state index contributed by atoms with van der Waals surface area (Å²) in [6.45, 7) is 3.45. The van der Waals surface area contributed by atoms with Gasteiger partial charge in [0.05, 0.1) is 17.4 Å². The molecule has 1 fully saturated rings. The van der Waals surface area contributed by atoms with Crippen LogP contribution in [0.2, 0.25) is 0 Å². The molecule has 3 rings (SSSR count). The van der Waals surface area contributed by atoms with Crippen molar-refractivity contribution in [3.05, 3.63) is 30.5 Å². The van der Waals surface area contributed by atoms with Crippen LogP contribution in [-0.2, 0) is 0 Å². The predicted octanol–water partition coefficient (Wildman–Crippen LogP) is 2.38. The van der Waals surface area contributed by atoms with Gasteiger partial charge < -0.3 is 10.2 Å². The van der Waals surface area contributed by atoms with Crippen molar-refractivity contribution in [1.29, 1.82) is 0 Å². The van der Waals surface area contributed by atoms with Gasteiger partial charge in [-0.1, -0.05) is 18.2 Å². The van der Waals surface area contributed by atoms with Crippen molar-refractivity contribution in [3.63, 3.8) is 0 Å². The van der Waals surface area contributed by atoms with E-state index in [1.165, 1.54) is 25.9 Å². The zero-order chi connectivity index (χ0) is 13.1. The molecule has 4 heteroatoms. The van der Waals surface area contributed by atoms with Crippen molar-refractivity contribution in [2.45, 2.75) is 12.8 Å². The number of fused-ring (bicyclic) bond motifs is 1. The third-order valence-electron chi connectivity index (χ3n) is 3.97. The number of anilines is 1. The van der Waals surface area contributed by atoms with E-state index in [4.69, 9.17) is 0 Å². The molecule has 0 atom stereocenters. The second kappa shape index (κ2) is 5.53. The molecule has 1 aliphatic heterocycles. The number of nitrogens with one attached hydrogen (secondary N) is 1. The summed E-state index contributed by atoms with van der Waals surface area (Å²) in [6.07, 6.45) is 4.39. The Morgan fingerprint density at radius 1 is 1.26 bits per heavy atom. The number of rotatable bonds is 3. The lowest BCUT2D eigenvalue weighted by Crippen LogP contribution is -2.32. The molecule has 0 saturated carbocycles. The first-order valence-electron chi connectivity index (χ1n) is 6.96. The van der Waals surface area contributed by atoms with E-state index in [2.05, 4.69) is 33.5 Å². The summed E-state index contributed by atoms with van der Waals surface area (Å²) >= 11 is 0. The number of benzene rings is 1. The lowest BCUT2D eigenvalue weighted by molar-refractivity contribution is 0.226. The lowest BCUT2D eigenvalue weighted by Gasteiger charge is -2.29. The summed E-state index contributed by atoms with van der Waals surface area (Å²) < 4.78 is 0. The first kappa shape index (κ1) is 12.4. The van der Waals surface area contributed by atoms with E-state index in [0.717, 1.165) is 29.1 Å². The van der Waals surface area contributed by atoms with Crippen LogP contribution in [0.3, 0.4) is 0 Å². The largest absolute Gasteiger partial charge is 0.383 e.